The van der Waals surface area contributed by atoms with Gasteiger partial charge in [-0.1, -0.05) is 106 Å². The average Bonchev–Trinajstić information content (AvgIpc) is 2.51. The third-order valence-corrected chi connectivity index (χ3v) is 7.45. The molecule has 1 aliphatic rings. The first-order chi connectivity index (χ1) is 10.0. The predicted molar refractivity (Wildman–Crippen MR) is 111 cm³/mol. The highest BCUT2D eigenvalue weighted by atomic mass is 127. The lowest BCUT2D eigenvalue weighted by Crippen LogP contribution is -2.43. The van der Waals surface area contributed by atoms with Crippen molar-refractivity contribution >= 4 is 45.2 Å². The Morgan fingerprint density at radius 1 is 1.19 bits per heavy atom. The highest BCUT2D eigenvalue weighted by molar-refractivity contribution is 14.1. The fourth-order valence-corrected chi connectivity index (χ4v) is 5.83. The summed E-state index contributed by atoms with van der Waals surface area (Å²) in [6.07, 6.45) is 8.33. The van der Waals surface area contributed by atoms with Crippen LogP contribution >= 0.6 is 45.2 Å². The molecule has 3 unspecified atom stereocenters. The molecule has 0 nitrogen and oxygen atoms in total. The Kier molecular flexibility index (Phi) is 6.36. The molecule has 114 valence electrons. The van der Waals surface area contributed by atoms with Crippen molar-refractivity contribution in [2.45, 2.75) is 32.6 Å². The number of rotatable bonds is 5. The maximum absolute atomic E-state index is 2.60. The summed E-state index contributed by atoms with van der Waals surface area (Å²) < 4.78 is 2.36. The summed E-state index contributed by atoms with van der Waals surface area (Å²) in [7, 11) is 0. The van der Waals surface area contributed by atoms with Crippen molar-refractivity contribution in [3.63, 3.8) is 0 Å². The maximum atomic E-state index is 2.60. The van der Waals surface area contributed by atoms with Crippen molar-refractivity contribution in [1.29, 1.82) is 0 Å². The molecule has 2 heteroatoms. The Morgan fingerprint density at radius 2 is 1.86 bits per heavy atom. The first kappa shape index (κ1) is 17.5. The van der Waals surface area contributed by atoms with Crippen molar-refractivity contribution in [3.8, 4) is 0 Å². The van der Waals surface area contributed by atoms with Crippen LogP contribution < -0.4 is 0 Å². The highest BCUT2D eigenvalue weighted by Gasteiger charge is 2.42. The Hall–Kier alpha value is 0.160. The summed E-state index contributed by atoms with van der Waals surface area (Å²) in [5.41, 5.74) is 4.50. The SMILES string of the molecule is CC1=CCC(C(CI)(c2ccc(C)cc2)C(C)CI)C=C1. The summed E-state index contributed by atoms with van der Waals surface area (Å²) >= 11 is 5.16. The minimum Gasteiger partial charge on any atom is -0.0861 e. The smallest absolute Gasteiger partial charge is 0.0141 e. The molecule has 0 N–H and O–H groups in total. The molecule has 3 atom stereocenters. The standard InChI is InChI=1S/C19H24I2/c1-14-4-8-17(9-5-14)19(13-21,16(3)12-20)18-10-6-15(2)7-11-18/h4-10,16,18H,11-13H2,1-3H3. The zero-order valence-electron chi connectivity index (χ0n) is 13.1. The first-order valence-corrected chi connectivity index (χ1v) is 10.6. The van der Waals surface area contributed by atoms with Gasteiger partial charge in [0, 0.05) is 14.3 Å². The third-order valence-electron chi connectivity index (χ3n) is 4.87. The number of aryl methyl sites for hydroxylation is 1. The van der Waals surface area contributed by atoms with Gasteiger partial charge < -0.3 is 0 Å². The van der Waals surface area contributed by atoms with E-state index in [2.05, 4.69) is 108 Å². The summed E-state index contributed by atoms with van der Waals surface area (Å²) in [6, 6.07) is 9.25. The second-order valence-corrected chi connectivity index (χ2v) is 7.89. The van der Waals surface area contributed by atoms with E-state index in [0.717, 1.165) is 0 Å². The number of hydrogen-bond donors (Lipinski definition) is 0. The molecule has 0 saturated heterocycles. The molecule has 2 rings (SSSR count). The van der Waals surface area contributed by atoms with Gasteiger partial charge in [0.15, 0.2) is 0 Å². The van der Waals surface area contributed by atoms with Crippen LogP contribution in [0.2, 0.25) is 0 Å². The number of alkyl halides is 2. The fourth-order valence-electron chi connectivity index (χ4n) is 3.28. The molecule has 0 fully saturated rings. The molecule has 1 aliphatic carbocycles. The molecule has 0 bridgehead atoms. The molecule has 0 spiro atoms. The van der Waals surface area contributed by atoms with E-state index in [0.29, 0.717) is 11.8 Å². The second kappa shape index (κ2) is 7.62. The summed E-state index contributed by atoms with van der Waals surface area (Å²) in [5, 5.41) is 0. The monoisotopic (exact) mass is 506 g/mol. The molecule has 0 amide bonds. The predicted octanol–water partition coefficient (Wildman–Crippen LogP) is 6.26. The lowest BCUT2D eigenvalue weighted by molar-refractivity contribution is 0.269. The van der Waals surface area contributed by atoms with E-state index in [1.54, 1.807) is 0 Å². The van der Waals surface area contributed by atoms with E-state index in [-0.39, 0.29) is 5.41 Å². The number of halogens is 2. The molecule has 21 heavy (non-hydrogen) atoms. The van der Waals surface area contributed by atoms with Crippen LogP contribution in [0.25, 0.3) is 0 Å². The largest absolute Gasteiger partial charge is 0.0861 e. The topological polar surface area (TPSA) is 0 Å². The van der Waals surface area contributed by atoms with Gasteiger partial charge >= 0.3 is 0 Å². The molecule has 1 aromatic rings. The van der Waals surface area contributed by atoms with Gasteiger partial charge in [0.2, 0.25) is 0 Å². The van der Waals surface area contributed by atoms with E-state index in [4.69, 9.17) is 0 Å². The minimum atomic E-state index is 0.239. The Balaban J connectivity index is 2.48. The van der Waals surface area contributed by atoms with Gasteiger partial charge in [-0.2, -0.15) is 0 Å². The van der Waals surface area contributed by atoms with E-state index in [9.17, 15) is 0 Å². The number of hydrogen-bond acceptors (Lipinski definition) is 0. The Morgan fingerprint density at radius 3 is 2.33 bits per heavy atom. The van der Waals surface area contributed by atoms with Crippen LogP contribution in [0.5, 0.6) is 0 Å². The number of benzene rings is 1. The van der Waals surface area contributed by atoms with Crippen LogP contribution in [0, 0.1) is 18.8 Å². The average molecular weight is 506 g/mol. The Labute approximate surface area is 156 Å². The van der Waals surface area contributed by atoms with E-state index in [1.165, 1.54) is 32.0 Å². The quantitative estimate of drug-likeness (QED) is 0.327. The molecule has 0 aliphatic heterocycles. The van der Waals surface area contributed by atoms with Crippen LogP contribution in [0.15, 0.2) is 48.1 Å². The van der Waals surface area contributed by atoms with E-state index in [1.807, 2.05) is 0 Å². The third kappa shape index (κ3) is 3.57. The lowest BCUT2D eigenvalue weighted by Gasteiger charge is -2.44. The van der Waals surface area contributed by atoms with Crippen molar-refractivity contribution in [2.75, 3.05) is 8.86 Å². The van der Waals surface area contributed by atoms with Gasteiger partial charge in [0.1, 0.15) is 0 Å². The van der Waals surface area contributed by atoms with Gasteiger partial charge in [0.05, 0.1) is 0 Å². The van der Waals surface area contributed by atoms with Gasteiger partial charge in [-0.25, -0.2) is 0 Å². The highest BCUT2D eigenvalue weighted by Crippen LogP contribution is 2.45. The molecule has 0 aromatic heterocycles. The fraction of sp³-hybridized carbons (Fsp3) is 0.474. The van der Waals surface area contributed by atoms with Crippen molar-refractivity contribution in [1.82, 2.24) is 0 Å². The normalized spacial score (nSPS) is 22.5. The van der Waals surface area contributed by atoms with Crippen LogP contribution in [0.4, 0.5) is 0 Å². The van der Waals surface area contributed by atoms with Gasteiger partial charge in [-0.15, -0.1) is 0 Å². The van der Waals surface area contributed by atoms with Crippen LogP contribution in [0.3, 0.4) is 0 Å². The number of allylic oxidation sites excluding steroid dienone is 4. The lowest BCUT2D eigenvalue weighted by atomic mass is 9.63. The van der Waals surface area contributed by atoms with Crippen LogP contribution in [-0.2, 0) is 5.41 Å². The molecular formula is C19H24I2. The van der Waals surface area contributed by atoms with Crippen molar-refractivity contribution in [2.24, 2.45) is 11.8 Å². The van der Waals surface area contributed by atoms with Crippen LogP contribution in [0.1, 0.15) is 31.4 Å². The molecule has 0 radical (unpaired) electrons. The molecular weight excluding hydrogens is 482 g/mol. The molecule has 1 aromatic carbocycles. The van der Waals surface area contributed by atoms with Crippen molar-refractivity contribution < 1.29 is 0 Å². The minimum absolute atomic E-state index is 0.239. The van der Waals surface area contributed by atoms with E-state index >= 15 is 0 Å². The first-order valence-electron chi connectivity index (χ1n) is 7.58. The van der Waals surface area contributed by atoms with Crippen molar-refractivity contribution in [3.05, 3.63) is 59.2 Å². The zero-order valence-corrected chi connectivity index (χ0v) is 17.4. The molecule has 0 saturated carbocycles. The second-order valence-electron chi connectivity index (χ2n) is 6.24. The zero-order chi connectivity index (χ0) is 15.5. The summed E-state index contributed by atoms with van der Waals surface area (Å²) in [5.74, 6) is 1.27. The van der Waals surface area contributed by atoms with Gasteiger partial charge in [-0.3, -0.25) is 0 Å². The summed E-state index contributed by atoms with van der Waals surface area (Å²) in [6.45, 7) is 6.79. The summed E-state index contributed by atoms with van der Waals surface area (Å²) in [4.78, 5) is 0. The maximum Gasteiger partial charge on any atom is 0.0141 e. The van der Waals surface area contributed by atoms with Gasteiger partial charge in [0.25, 0.3) is 0 Å². The van der Waals surface area contributed by atoms with Gasteiger partial charge in [-0.05, 0) is 37.7 Å². The molecule has 0 heterocycles. The van der Waals surface area contributed by atoms with E-state index < -0.39 is 0 Å². The van der Waals surface area contributed by atoms with Crippen LogP contribution in [-0.4, -0.2) is 8.86 Å². The Bertz CT molecular complexity index is 527.